The highest BCUT2D eigenvalue weighted by atomic mass is 32.2. The molecule has 0 spiro atoms. The molecule has 4 rings (SSSR count). The molecular formula is C25H31N3O4S. The highest BCUT2D eigenvalue weighted by molar-refractivity contribution is 7.86. The van der Waals surface area contributed by atoms with E-state index in [4.69, 9.17) is 4.18 Å². The van der Waals surface area contributed by atoms with Gasteiger partial charge in [-0.1, -0.05) is 36.8 Å². The molecule has 0 atom stereocenters. The molecule has 0 unspecified atom stereocenters. The zero-order valence-corrected chi connectivity index (χ0v) is 19.8. The molecule has 2 aromatic carbocycles. The monoisotopic (exact) mass is 469 g/mol. The van der Waals surface area contributed by atoms with Gasteiger partial charge in [0.05, 0.1) is 6.26 Å². The molecule has 1 aliphatic heterocycles. The normalized spacial score (nSPS) is 15.1. The van der Waals surface area contributed by atoms with Gasteiger partial charge in [0.15, 0.2) is 0 Å². The third-order valence-corrected chi connectivity index (χ3v) is 6.50. The van der Waals surface area contributed by atoms with Gasteiger partial charge in [-0.2, -0.15) is 8.42 Å². The van der Waals surface area contributed by atoms with Gasteiger partial charge in [-0.05, 0) is 42.3 Å². The van der Waals surface area contributed by atoms with E-state index >= 15 is 0 Å². The van der Waals surface area contributed by atoms with Gasteiger partial charge in [-0.25, -0.2) is 0 Å². The molecular weight excluding hydrogens is 438 g/mol. The Hall–Kier alpha value is -2.84. The summed E-state index contributed by atoms with van der Waals surface area (Å²) in [6, 6.07) is 15.3. The van der Waals surface area contributed by atoms with Crippen molar-refractivity contribution in [2.45, 2.75) is 25.7 Å². The molecule has 176 valence electrons. The molecule has 33 heavy (non-hydrogen) atoms. The lowest BCUT2D eigenvalue weighted by Crippen LogP contribution is -2.46. The molecule has 0 amide bonds. The number of nitrogens with zero attached hydrogens (tertiary/aromatic N) is 3. The van der Waals surface area contributed by atoms with Crippen molar-refractivity contribution in [2.75, 3.05) is 43.9 Å². The van der Waals surface area contributed by atoms with Crippen molar-refractivity contribution in [3.05, 3.63) is 60.9 Å². The summed E-state index contributed by atoms with van der Waals surface area (Å²) in [4.78, 5) is 17.2. The van der Waals surface area contributed by atoms with Gasteiger partial charge in [-0.15, -0.1) is 0 Å². The Morgan fingerprint density at radius 2 is 1.61 bits per heavy atom. The second-order valence-corrected chi connectivity index (χ2v) is 10.2. The third kappa shape index (κ3) is 6.58. The van der Waals surface area contributed by atoms with Crippen molar-refractivity contribution in [2.24, 2.45) is 0 Å². The van der Waals surface area contributed by atoms with Gasteiger partial charge < -0.3 is 9.08 Å². The van der Waals surface area contributed by atoms with Crippen LogP contribution in [0.4, 0.5) is 5.69 Å². The summed E-state index contributed by atoms with van der Waals surface area (Å²) < 4.78 is 29.4. The van der Waals surface area contributed by atoms with E-state index in [2.05, 4.69) is 9.80 Å². The third-order valence-electron chi connectivity index (χ3n) is 6.01. The van der Waals surface area contributed by atoms with Crippen molar-refractivity contribution in [3.63, 3.8) is 0 Å². The van der Waals surface area contributed by atoms with Gasteiger partial charge in [0.2, 0.25) is 5.91 Å². The van der Waals surface area contributed by atoms with Crippen LogP contribution in [0.15, 0.2) is 60.9 Å². The minimum Gasteiger partial charge on any atom is -0.383 e. The minimum atomic E-state index is -3.53. The number of piperazine rings is 1. The molecule has 3 aromatic rings. The van der Waals surface area contributed by atoms with Crippen molar-refractivity contribution in [3.8, 4) is 5.75 Å². The number of aromatic nitrogens is 1. The number of anilines is 1. The van der Waals surface area contributed by atoms with Crippen LogP contribution < -0.4 is 9.08 Å². The molecule has 0 aliphatic carbocycles. The first-order valence-corrected chi connectivity index (χ1v) is 13.3. The molecule has 0 radical (unpaired) electrons. The minimum absolute atomic E-state index is 0.155. The maximum absolute atomic E-state index is 12.5. The summed E-state index contributed by atoms with van der Waals surface area (Å²) in [6.45, 7) is 4.74. The van der Waals surface area contributed by atoms with Crippen molar-refractivity contribution >= 4 is 32.5 Å². The van der Waals surface area contributed by atoms with E-state index in [0.29, 0.717) is 12.2 Å². The highest BCUT2D eigenvalue weighted by Gasteiger charge is 2.18. The SMILES string of the molecule is CS(=O)(=O)Oc1cccc(N2CCN(CCCCCC(=O)n3cc4ccccc4c3)CC2)c1. The molecule has 7 nitrogen and oxygen atoms in total. The van der Waals surface area contributed by atoms with Gasteiger partial charge in [0.1, 0.15) is 5.75 Å². The topological polar surface area (TPSA) is 71.9 Å². The maximum atomic E-state index is 12.5. The fourth-order valence-electron chi connectivity index (χ4n) is 4.28. The Labute approximate surface area is 195 Å². The first-order valence-electron chi connectivity index (χ1n) is 11.4. The summed E-state index contributed by atoms with van der Waals surface area (Å²) in [5.41, 5.74) is 0.979. The van der Waals surface area contributed by atoms with E-state index in [1.165, 1.54) is 0 Å². The molecule has 1 aliphatic rings. The second-order valence-electron chi connectivity index (χ2n) is 8.61. The summed E-state index contributed by atoms with van der Waals surface area (Å²) in [6.07, 6.45) is 8.48. The van der Waals surface area contributed by atoms with Crippen LogP contribution in [0.25, 0.3) is 10.8 Å². The number of hydrogen-bond acceptors (Lipinski definition) is 6. The summed E-state index contributed by atoms with van der Waals surface area (Å²) in [5, 5.41) is 2.19. The second kappa shape index (κ2) is 10.4. The standard InChI is InChI=1S/C25H31N3O4S/c1-33(30,31)32-24-11-7-10-23(18-24)27-16-14-26(15-17-27)13-6-2-3-12-25(29)28-19-21-8-4-5-9-22(21)20-28/h4-5,7-11,18-20H,2-3,6,12-17H2,1H3. The van der Waals surface area contributed by atoms with Crippen molar-refractivity contribution < 1.29 is 17.4 Å². The fraction of sp³-hybridized carbons (Fsp3) is 0.400. The smallest absolute Gasteiger partial charge is 0.306 e. The Morgan fingerprint density at radius 3 is 2.27 bits per heavy atom. The molecule has 2 heterocycles. The van der Waals surface area contributed by atoms with Gasteiger partial charge in [0.25, 0.3) is 0 Å². The van der Waals surface area contributed by atoms with E-state index in [0.717, 1.165) is 74.7 Å². The van der Waals surface area contributed by atoms with E-state index in [9.17, 15) is 13.2 Å². The van der Waals surface area contributed by atoms with Crippen LogP contribution in [0.3, 0.4) is 0 Å². The first-order chi connectivity index (χ1) is 15.9. The Kier molecular flexibility index (Phi) is 7.35. The van der Waals surface area contributed by atoms with E-state index in [1.807, 2.05) is 48.8 Å². The van der Waals surface area contributed by atoms with E-state index in [-0.39, 0.29) is 5.91 Å². The molecule has 1 aromatic heterocycles. The predicted molar refractivity (Wildman–Crippen MR) is 132 cm³/mol. The molecule has 1 fully saturated rings. The summed E-state index contributed by atoms with van der Waals surface area (Å²) in [5.74, 6) is 0.502. The molecule has 0 bridgehead atoms. The number of benzene rings is 2. The Morgan fingerprint density at radius 1 is 0.909 bits per heavy atom. The Balaban J connectivity index is 1.15. The van der Waals surface area contributed by atoms with Crippen LogP contribution in [0.2, 0.25) is 0 Å². The highest BCUT2D eigenvalue weighted by Crippen LogP contribution is 2.23. The molecule has 8 heteroatoms. The molecule has 1 saturated heterocycles. The predicted octanol–water partition coefficient (Wildman–Crippen LogP) is 4.00. The van der Waals surface area contributed by atoms with Crippen molar-refractivity contribution in [1.82, 2.24) is 9.47 Å². The van der Waals surface area contributed by atoms with E-state index in [1.54, 1.807) is 16.7 Å². The Bertz CT molecular complexity index is 1160. The lowest BCUT2D eigenvalue weighted by molar-refractivity contribution is 0.0899. The van der Waals surface area contributed by atoms with Crippen LogP contribution in [0.5, 0.6) is 5.75 Å². The lowest BCUT2D eigenvalue weighted by Gasteiger charge is -2.36. The van der Waals surface area contributed by atoms with Crippen LogP contribution in [-0.2, 0) is 10.1 Å². The number of hydrogen-bond donors (Lipinski definition) is 0. The summed E-state index contributed by atoms with van der Waals surface area (Å²) >= 11 is 0. The maximum Gasteiger partial charge on any atom is 0.306 e. The average Bonchev–Trinajstić information content (AvgIpc) is 3.23. The quantitative estimate of drug-likeness (QED) is 0.348. The van der Waals surface area contributed by atoms with Crippen LogP contribution in [-0.4, -0.2) is 62.8 Å². The van der Waals surface area contributed by atoms with Crippen molar-refractivity contribution in [1.29, 1.82) is 0 Å². The zero-order chi connectivity index (χ0) is 23.3. The number of carbonyl (C=O) groups excluding carboxylic acids is 1. The molecule has 0 N–H and O–H groups in total. The number of carbonyl (C=O) groups is 1. The fourth-order valence-corrected chi connectivity index (χ4v) is 4.73. The lowest BCUT2D eigenvalue weighted by atomic mass is 10.1. The van der Waals surface area contributed by atoms with E-state index < -0.39 is 10.1 Å². The first kappa shape index (κ1) is 23.3. The number of rotatable bonds is 9. The molecule has 0 saturated carbocycles. The van der Waals surface area contributed by atoms with Gasteiger partial charge in [0, 0.05) is 56.7 Å². The van der Waals surface area contributed by atoms with Crippen LogP contribution in [0, 0.1) is 0 Å². The van der Waals surface area contributed by atoms with Gasteiger partial charge >= 0.3 is 10.1 Å². The number of unbranched alkanes of at least 4 members (excludes halogenated alkanes) is 2. The van der Waals surface area contributed by atoms with Crippen LogP contribution >= 0.6 is 0 Å². The largest absolute Gasteiger partial charge is 0.383 e. The summed E-state index contributed by atoms with van der Waals surface area (Å²) in [7, 11) is -3.53. The van der Waals surface area contributed by atoms with Gasteiger partial charge in [-0.3, -0.25) is 14.3 Å². The van der Waals surface area contributed by atoms with Crippen LogP contribution in [0.1, 0.15) is 30.5 Å². The number of fused-ring (bicyclic) bond motifs is 1. The zero-order valence-electron chi connectivity index (χ0n) is 19.0. The average molecular weight is 470 g/mol.